The van der Waals surface area contributed by atoms with Crippen LogP contribution in [0.15, 0.2) is 53.4 Å². The van der Waals surface area contributed by atoms with Crippen LogP contribution in [0.25, 0.3) is 0 Å². The molecule has 2 aliphatic rings. The van der Waals surface area contributed by atoms with Gasteiger partial charge < -0.3 is 15.0 Å². The van der Waals surface area contributed by atoms with Crippen LogP contribution in [0.3, 0.4) is 0 Å². The summed E-state index contributed by atoms with van der Waals surface area (Å²) < 4.78 is 32.9. The van der Waals surface area contributed by atoms with Crippen molar-refractivity contribution in [2.24, 2.45) is 5.92 Å². The fourth-order valence-corrected chi connectivity index (χ4v) is 5.78. The molecule has 2 fully saturated rings. The molecule has 0 radical (unpaired) electrons. The smallest absolute Gasteiger partial charge is 0.245 e. The van der Waals surface area contributed by atoms with E-state index in [1.165, 1.54) is 10.4 Å². The molecule has 2 aliphatic heterocycles. The van der Waals surface area contributed by atoms with Gasteiger partial charge in [-0.3, -0.25) is 9.59 Å². The molecule has 2 amide bonds. The Morgan fingerprint density at radius 3 is 2.47 bits per heavy atom. The largest absolute Gasteiger partial charge is 0.494 e. The Labute approximate surface area is 188 Å². The van der Waals surface area contributed by atoms with Crippen molar-refractivity contribution in [2.75, 3.05) is 36.5 Å². The maximum atomic E-state index is 13.0. The lowest BCUT2D eigenvalue weighted by molar-refractivity contribution is -0.122. The van der Waals surface area contributed by atoms with Gasteiger partial charge in [-0.1, -0.05) is 12.1 Å². The normalized spacial score (nSPS) is 19.3. The van der Waals surface area contributed by atoms with Crippen LogP contribution in [0.1, 0.15) is 26.2 Å². The SMILES string of the molecule is CCOc1ccc(N2CC(C(=O)Nc3ccccc3S(=O)(=O)N3CCCC3)CC2=O)cc1. The second-order valence-corrected chi connectivity index (χ2v) is 9.84. The Kier molecular flexibility index (Phi) is 6.48. The monoisotopic (exact) mass is 457 g/mol. The van der Waals surface area contributed by atoms with Crippen molar-refractivity contribution in [1.82, 2.24) is 4.31 Å². The van der Waals surface area contributed by atoms with Crippen LogP contribution in [-0.2, 0) is 19.6 Å². The maximum absolute atomic E-state index is 13.0. The molecule has 1 unspecified atom stereocenters. The number of benzene rings is 2. The lowest BCUT2D eigenvalue weighted by Crippen LogP contribution is -2.30. The molecule has 0 aromatic heterocycles. The Hall–Kier alpha value is -2.91. The number of rotatable bonds is 7. The molecule has 1 atom stereocenters. The average Bonchev–Trinajstić information content (AvgIpc) is 3.46. The fourth-order valence-electron chi connectivity index (χ4n) is 4.12. The topological polar surface area (TPSA) is 96.0 Å². The van der Waals surface area contributed by atoms with E-state index in [9.17, 15) is 18.0 Å². The third-order valence-electron chi connectivity index (χ3n) is 5.78. The zero-order valence-corrected chi connectivity index (χ0v) is 18.8. The molecule has 2 heterocycles. The summed E-state index contributed by atoms with van der Waals surface area (Å²) in [5.74, 6) is -0.368. The lowest BCUT2D eigenvalue weighted by Gasteiger charge is -2.19. The standard InChI is InChI=1S/C23H27N3O5S/c1-2-31-19-11-9-18(10-12-19)26-16-17(15-22(26)27)23(28)24-20-7-3-4-8-21(20)32(29,30)25-13-5-6-14-25/h3-4,7-12,17H,2,5-6,13-16H2,1H3,(H,24,28). The second-order valence-electron chi connectivity index (χ2n) is 7.93. The molecule has 2 aromatic carbocycles. The van der Waals surface area contributed by atoms with Crippen molar-refractivity contribution in [3.8, 4) is 5.75 Å². The maximum Gasteiger partial charge on any atom is 0.245 e. The molecule has 32 heavy (non-hydrogen) atoms. The molecule has 2 aromatic rings. The summed E-state index contributed by atoms with van der Waals surface area (Å²) >= 11 is 0. The van der Waals surface area contributed by atoms with E-state index in [4.69, 9.17) is 4.74 Å². The van der Waals surface area contributed by atoms with E-state index in [0.29, 0.717) is 31.1 Å². The number of hydrogen-bond acceptors (Lipinski definition) is 5. The van der Waals surface area contributed by atoms with Crippen LogP contribution in [-0.4, -0.2) is 50.8 Å². The van der Waals surface area contributed by atoms with Crippen LogP contribution >= 0.6 is 0 Å². The van der Waals surface area contributed by atoms with Crippen molar-refractivity contribution in [2.45, 2.75) is 31.1 Å². The van der Waals surface area contributed by atoms with Crippen molar-refractivity contribution < 1.29 is 22.7 Å². The van der Waals surface area contributed by atoms with Crippen molar-refractivity contribution >= 4 is 33.2 Å². The highest BCUT2D eigenvalue weighted by Gasteiger charge is 2.36. The molecule has 8 nitrogen and oxygen atoms in total. The molecule has 0 spiro atoms. The fraction of sp³-hybridized carbons (Fsp3) is 0.391. The molecule has 4 rings (SSSR count). The highest BCUT2D eigenvalue weighted by Crippen LogP contribution is 2.30. The minimum atomic E-state index is -3.68. The van der Waals surface area contributed by atoms with Gasteiger partial charge in [-0.15, -0.1) is 0 Å². The predicted molar refractivity (Wildman–Crippen MR) is 121 cm³/mol. The summed E-state index contributed by atoms with van der Waals surface area (Å²) in [6.45, 7) is 3.66. The molecule has 1 N–H and O–H groups in total. The molecule has 170 valence electrons. The number of carbonyl (C=O) groups excluding carboxylic acids is 2. The number of anilines is 2. The summed E-state index contributed by atoms with van der Waals surface area (Å²) in [5, 5.41) is 2.76. The molecular formula is C23H27N3O5S. The van der Waals surface area contributed by atoms with Crippen LogP contribution in [0, 0.1) is 5.92 Å². The van der Waals surface area contributed by atoms with Crippen LogP contribution in [0.2, 0.25) is 0 Å². The first-order chi connectivity index (χ1) is 15.4. The van der Waals surface area contributed by atoms with Gasteiger partial charge in [0, 0.05) is 31.7 Å². The van der Waals surface area contributed by atoms with E-state index < -0.39 is 15.9 Å². The molecule has 0 saturated carbocycles. The van der Waals surface area contributed by atoms with E-state index in [-0.39, 0.29) is 35.4 Å². The molecule has 0 bridgehead atoms. The van der Waals surface area contributed by atoms with Gasteiger partial charge in [0.2, 0.25) is 21.8 Å². The van der Waals surface area contributed by atoms with Gasteiger partial charge in [0.15, 0.2) is 0 Å². The van der Waals surface area contributed by atoms with Crippen molar-refractivity contribution in [3.05, 3.63) is 48.5 Å². The average molecular weight is 458 g/mol. The zero-order valence-electron chi connectivity index (χ0n) is 18.0. The number of nitrogens with zero attached hydrogens (tertiary/aromatic N) is 2. The Morgan fingerprint density at radius 2 is 1.78 bits per heavy atom. The van der Waals surface area contributed by atoms with E-state index >= 15 is 0 Å². The third-order valence-corrected chi connectivity index (χ3v) is 7.74. The van der Waals surface area contributed by atoms with E-state index in [2.05, 4.69) is 5.32 Å². The summed E-state index contributed by atoms with van der Waals surface area (Å²) in [5.41, 5.74) is 0.946. The summed E-state index contributed by atoms with van der Waals surface area (Å²) in [6.07, 6.45) is 1.73. The second kappa shape index (κ2) is 9.30. The number of para-hydroxylation sites is 1. The number of sulfonamides is 1. The summed E-state index contributed by atoms with van der Waals surface area (Å²) in [4.78, 5) is 27.2. The highest BCUT2D eigenvalue weighted by molar-refractivity contribution is 7.89. The summed E-state index contributed by atoms with van der Waals surface area (Å²) in [7, 11) is -3.68. The van der Waals surface area contributed by atoms with E-state index in [1.807, 2.05) is 6.92 Å². The van der Waals surface area contributed by atoms with Crippen LogP contribution in [0.5, 0.6) is 5.75 Å². The number of ether oxygens (including phenoxy) is 1. The van der Waals surface area contributed by atoms with Crippen LogP contribution < -0.4 is 15.0 Å². The molecule has 0 aliphatic carbocycles. The van der Waals surface area contributed by atoms with Gasteiger partial charge in [0.1, 0.15) is 10.6 Å². The van der Waals surface area contributed by atoms with E-state index in [1.54, 1.807) is 47.4 Å². The van der Waals surface area contributed by atoms with Gasteiger partial charge in [-0.25, -0.2) is 8.42 Å². The van der Waals surface area contributed by atoms with Gasteiger partial charge >= 0.3 is 0 Å². The summed E-state index contributed by atoms with van der Waals surface area (Å²) in [6, 6.07) is 13.6. The minimum absolute atomic E-state index is 0.0695. The van der Waals surface area contributed by atoms with Crippen molar-refractivity contribution in [3.63, 3.8) is 0 Å². The van der Waals surface area contributed by atoms with Gasteiger partial charge in [0.25, 0.3) is 0 Å². The zero-order chi connectivity index (χ0) is 22.7. The van der Waals surface area contributed by atoms with Crippen molar-refractivity contribution in [1.29, 1.82) is 0 Å². The number of hydrogen-bond donors (Lipinski definition) is 1. The minimum Gasteiger partial charge on any atom is -0.494 e. The molecule has 9 heteroatoms. The Balaban J connectivity index is 1.48. The van der Waals surface area contributed by atoms with E-state index in [0.717, 1.165) is 12.8 Å². The van der Waals surface area contributed by atoms with Gasteiger partial charge in [-0.2, -0.15) is 4.31 Å². The lowest BCUT2D eigenvalue weighted by atomic mass is 10.1. The quantitative estimate of drug-likeness (QED) is 0.690. The number of nitrogens with one attached hydrogen (secondary N) is 1. The third kappa shape index (κ3) is 4.49. The predicted octanol–water partition coefficient (Wildman–Crippen LogP) is 2.86. The first kappa shape index (κ1) is 22.3. The number of amides is 2. The van der Waals surface area contributed by atoms with Crippen LogP contribution in [0.4, 0.5) is 11.4 Å². The number of carbonyl (C=O) groups is 2. The highest BCUT2D eigenvalue weighted by atomic mass is 32.2. The van der Waals surface area contributed by atoms with Gasteiger partial charge in [-0.05, 0) is 56.2 Å². The molecular weight excluding hydrogens is 430 g/mol. The molecule has 2 saturated heterocycles. The Bertz CT molecular complexity index is 1090. The van der Waals surface area contributed by atoms with Gasteiger partial charge in [0.05, 0.1) is 18.2 Å². The Morgan fingerprint density at radius 1 is 1.09 bits per heavy atom. The first-order valence-corrected chi connectivity index (χ1v) is 12.3. The first-order valence-electron chi connectivity index (χ1n) is 10.8.